The van der Waals surface area contributed by atoms with E-state index in [2.05, 4.69) is 48.2 Å². The second-order valence-electron chi connectivity index (χ2n) is 7.46. The number of pyridine rings is 1. The molecule has 3 rings (SSSR count). The second-order valence-corrected chi connectivity index (χ2v) is 7.46. The van der Waals surface area contributed by atoms with Crippen LogP contribution in [0, 0.1) is 5.92 Å². The maximum atomic E-state index is 4.90. The Balaban J connectivity index is 1.87. The predicted octanol–water partition coefficient (Wildman–Crippen LogP) is 3.46. The quantitative estimate of drug-likeness (QED) is 0.870. The fourth-order valence-electron chi connectivity index (χ4n) is 3.57. The van der Waals surface area contributed by atoms with Crippen LogP contribution >= 0.6 is 0 Å². The molecule has 2 aromatic rings. The summed E-state index contributed by atoms with van der Waals surface area (Å²) in [6, 6.07) is 4.06. The molecule has 1 aliphatic heterocycles. The summed E-state index contributed by atoms with van der Waals surface area (Å²) in [7, 11) is 0. The summed E-state index contributed by atoms with van der Waals surface area (Å²) in [5.41, 5.74) is 2.07. The molecule has 4 nitrogen and oxygen atoms in total. The average molecular weight is 300 g/mol. The van der Waals surface area contributed by atoms with E-state index in [1.54, 1.807) is 0 Å². The number of rotatable bonds is 3. The highest BCUT2D eigenvalue weighted by atomic mass is 15.2. The molecule has 120 valence electrons. The molecule has 0 N–H and O–H groups in total. The van der Waals surface area contributed by atoms with Crippen LogP contribution in [-0.2, 0) is 12.0 Å². The van der Waals surface area contributed by atoms with Crippen molar-refractivity contribution in [1.29, 1.82) is 0 Å². The van der Waals surface area contributed by atoms with Gasteiger partial charge in [-0.1, -0.05) is 6.92 Å². The Morgan fingerprint density at radius 1 is 1.23 bits per heavy atom. The van der Waals surface area contributed by atoms with Gasteiger partial charge in [-0.2, -0.15) is 0 Å². The Morgan fingerprint density at radius 2 is 1.95 bits per heavy atom. The number of imidazole rings is 1. The Bertz CT molecular complexity index is 630. The van der Waals surface area contributed by atoms with E-state index in [0.717, 1.165) is 23.5 Å². The molecule has 4 heteroatoms. The minimum atomic E-state index is 0.0164. The molecule has 0 bridgehead atoms. The standard InChI is InChI=1S/C18H28N4/c1-5-21-11-8-14(9-12-21)13-16-20-15-7-6-10-19-17(15)22(16)18(2,3)4/h6-7,10,14H,5,8-9,11-13H2,1-4H3. The highest BCUT2D eigenvalue weighted by molar-refractivity contribution is 5.71. The number of aromatic nitrogens is 3. The van der Waals surface area contributed by atoms with Crippen LogP contribution in [0.4, 0.5) is 0 Å². The minimum absolute atomic E-state index is 0.0164. The molecular weight excluding hydrogens is 272 g/mol. The molecule has 0 aliphatic carbocycles. The fraction of sp³-hybridized carbons (Fsp3) is 0.667. The minimum Gasteiger partial charge on any atom is -0.307 e. The summed E-state index contributed by atoms with van der Waals surface area (Å²) in [5.74, 6) is 1.96. The van der Waals surface area contributed by atoms with Crippen molar-refractivity contribution in [3.63, 3.8) is 0 Å². The maximum Gasteiger partial charge on any atom is 0.160 e. The summed E-state index contributed by atoms with van der Waals surface area (Å²) in [5, 5.41) is 0. The number of hydrogen-bond acceptors (Lipinski definition) is 3. The van der Waals surface area contributed by atoms with E-state index in [4.69, 9.17) is 4.98 Å². The number of hydrogen-bond donors (Lipinski definition) is 0. The predicted molar refractivity (Wildman–Crippen MR) is 91.1 cm³/mol. The molecule has 0 aromatic carbocycles. The van der Waals surface area contributed by atoms with Gasteiger partial charge in [0.2, 0.25) is 0 Å². The summed E-state index contributed by atoms with van der Waals surface area (Å²) in [4.78, 5) is 12.0. The van der Waals surface area contributed by atoms with Crippen molar-refractivity contribution >= 4 is 11.2 Å². The molecule has 0 spiro atoms. The topological polar surface area (TPSA) is 34.0 Å². The third-order valence-corrected chi connectivity index (χ3v) is 4.78. The number of likely N-dealkylation sites (tertiary alicyclic amines) is 1. The van der Waals surface area contributed by atoms with E-state index >= 15 is 0 Å². The van der Waals surface area contributed by atoms with Gasteiger partial charge in [-0.3, -0.25) is 0 Å². The van der Waals surface area contributed by atoms with Gasteiger partial charge in [0.05, 0.1) is 0 Å². The van der Waals surface area contributed by atoms with Gasteiger partial charge in [0.25, 0.3) is 0 Å². The Kier molecular flexibility index (Phi) is 4.22. The largest absolute Gasteiger partial charge is 0.307 e. The normalized spacial score (nSPS) is 18.2. The van der Waals surface area contributed by atoms with Gasteiger partial charge in [0.1, 0.15) is 11.3 Å². The smallest absolute Gasteiger partial charge is 0.160 e. The molecule has 0 unspecified atom stereocenters. The second kappa shape index (κ2) is 5.99. The molecule has 3 heterocycles. The molecule has 22 heavy (non-hydrogen) atoms. The van der Waals surface area contributed by atoms with Gasteiger partial charge in [0, 0.05) is 18.2 Å². The Morgan fingerprint density at radius 3 is 2.59 bits per heavy atom. The van der Waals surface area contributed by atoms with Crippen LogP contribution < -0.4 is 0 Å². The molecular formula is C18H28N4. The fourth-order valence-corrected chi connectivity index (χ4v) is 3.57. The Labute approximate surface area is 133 Å². The van der Waals surface area contributed by atoms with Gasteiger partial charge < -0.3 is 9.47 Å². The first-order chi connectivity index (χ1) is 10.5. The SMILES string of the molecule is CCN1CCC(Cc2nc3cccnc3n2C(C)(C)C)CC1. The van der Waals surface area contributed by atoms with Crippen LogP contribution in [-0.4, -0.2) is 39.1 Å². The highest BCUT2D eigenvalue weighted by Gasteiger charge is 2.25. The first kappa shape index (κ1) is 15.5. The zero-order chi connectivity index (χ0) is 15.7. The van der Waals surface area contributed by atoms with E-state index in [-0.39, 0.29) is 5.54 Å². The lowest BCUT2D eigenvalue weighted by Gasteiger charge is -2.32. The van der Waals surface area contributed by atoms with Crippen molar-refractivity contribution in [3.05, 3.63) is 24.2 Å². The third-order valence-electron chi connectivity index (χ3n) is 4.78. The summed E-state index contributed by atoms with van der Waals surface area (Å²) < 4.78 is 2.34. The van der Waals surface area contributed by atoms with Crippen LogP contribution in [0.15, 0.2) is 18.3 Å². The van der Waals surface area contributed by atoms with Crippen LogP contribution in [0.25, 0.3) is 11.2 Å². The summed E-state index contributed by atoms with van der Waals surface area (Å²) in [6.07, 6.45) is 5.52. The lowest BCUT2D eigenvalue weighted by atomic mass is 9.93. The van der Waals surface area contributed by atoms with Gasteiger partial charge in [-0.15, -0.1) is 0 Å². The van der Waals surface area contributed by atoms with Crippen molar-refractivity contribution in [2.75, 3.05) is 19.6 Å². The van der Waals surface area contributed by atoms with Crippen LogP contribution in [0.3, 0.4) is 0 Å². The van der Waals surface area contributed by atoms with E-state index in [1.165, 1.54) is 38.3 Å². The van der Waals surface area contributed by atoms with Crippen molar-refractivity contribution < 1.29 is 0 Å². The number of nitrogens with zero attached hydrogens (tertiary/aromatic N) is 4. The van der Waals surface area contributed by atoms with Gasteiger partial charge in [-0.05, 0) is 71.3 Å². The molecule has 0 atom stereocenters. The van der Waals surface area contributed by atoms with Crippen molar-refractivity contribution in [3.8, 4) is 0 Å². The molecule has 0 radical (unpaired) electrons. The third kappa shape index (κ3) is 3.02. The highest BCUT2D eigenvalue weighted by Crippen LogP contribution is 2.28. The maximum absolute atomic E-state index is 4.90. The molecule has 1 aliphatic rings. The average Bonchev–Trinajstić information content (AvgIpc) is 2.85. The zero-order valence-corrected chi connectivity index (χ0v) is 14.3. The van der Waals surface area contributed by atoms with E-state index in [0.29, 0.717) is 0 Å². The first-order valence-electron chi connectivity index (χ1n) is 8.54. The first-order valence-corrected chi connectivity index (χ1v) is 8.54. The Hall–Kier alpha value is -1.42. The summed E-state index contributed by atoms with van der Waals surface area (Å²) >= 11 is 0. The van der Waals surface area contributed by atoms with Crippen molar-refractivity contribution in [1.82, 2.24) is 19.4 Å². The van der Waals surface area contributed by atoms with E-state index in [9.17, 15) is 0 Å². The van der Waals surface area contributed by atoms with E-state index in [1.807, 2.05) is 12.3 Å². The van der Waals surface area contributed by atoms with Gasteiger partial charge >= 0.3 is 0 Å². The number of fused-ring (bicyclic) bond motifs is 1. The van der Waals surface area contributed by atoms with Crippen molar-refractivity contribution in [2.45, 2.75) is 52.5 Å². The zero-order valence-electron chi connectivity index (χ0n) is 14.3. The van der Waals surface area contributed by atoms with Crippen LogP contribution in [0.5, 0.6) is 0 Å². The molecule has 2 aromatic heterocycles. The lowest BCUT2D eigenvalue weighted by molar-refractivity contribution is 0.189. The van der Waals surface area contributed by atoms with E-state index < -0.39 is 0 Å². The van der Waals surface area contributed by atoms with Gasteiger partial charge in [-0.25, -0.2) is 9.97 Å². The molecule has 0 amide bonds. The van der Waals surface area contributed by atoms with Gasteiger partial charge in [0.15, 0.2) is 5.65 Å². The van der Waals surface area contributed by atoms with Crippen LogP contribution in [0.2, 0.25) is 0 Å². The molecule has 1 saturated heterocycles. The number of piperidine rings is 1. The monoisotopic (exact) mass is 300 g/mol. The molecule has 0 saturated carbocycles. The lowest BCUT2D eigenvalue weighted by Crippen LogP contribution is -2.34. The van der Waals surface area contributed by atoms with Crippen LogP contribution in [0.1, 0.15) is 46.4 Å². The molecule has 1 fully saturated rings. The van der Waals surface area contributed by atoms with Crippen molar-refractivity contribution in [2.24, 2.45) is 5.92 Å². The summed E-state index contributed by atoms with van der Waals surface area (Å²) in [6.45, 7) is 12.6.